The van der Waals surface area contributed by atoms with Crippen molar-refractivity contribution in [2.75, 3.05) is 31.1 Å². The number of anilines is 1. The van der Waals surface area contributed by atoms with E-state index in [4.69, 9.17) is 0 Å². The average Bonchev–Trinajstić information content (AvgIpc) is 2.87. The van der Waals surface area contributed by atoms with Crippen molar-refractivity contribution >= 4 is 5.95 Å². The highest BCUT2D eigenvalue weighted by atomic mass is 15.3. The molecule has 0 aromatic carbocycles. The Bertz CT molecular complexity index is 529. The van der Waals surface area contributed by atoms with Gasteiger partial charge < -0.3 is 10.2 Å². The second kappa shape index (κ2) is 4.73. The number of nitrogens with one attached hydrogen (secondary N) is 1. The first kappa shape index (κ1) is 11.2. The molecule has 0 aliphatic carbocycles. The van der Waals surface area contributed by atoms with E-state index < -0.39 is 0 Å². The molecule has 3 rings (SSSR count). The van der Waals surface area contributed by atoms with Gasteiger partial charge in [0.15, 0.2) is 0 Å². The zero-order chi connectivity index (χ0) is 12.4. The molecule has 0 spiro atoms. The van der Waals surface area contributed by atoms with E-state index in [9.17, 15) is 0 Å². The van der Waals surface area contributed by atoms with Crippen LogP contribution in [0.2, 0.25) is 0 Å². The number of hydrogen-bond donors (Lipinski definition) is 1. The maximum atomic E-state index is 4.61. The number of piperazine rings is 1. The number of hydrogen-bond acceptors (Lipinski definition) is 5. The van der Waals surface area contributed by atoms with Gasteiger partial charge in [0.25, 0.3) is 0 Å². The molecule has 0 saturated carbocycles. The van der Waals surface area contributed by atoms with Crippen molar-refractivity contribution in [2.24, 2.45) is 7.05 Å². The number of rotatable bonds is 2. The lowest BCUT2D eigenvalue weighted by atomic mass is 10.2. The molecular weight excluding hydrogens is 228 g/mol. The molecule has 1 fully saturated rings. The van der Waals surface area contributed by atoms with Crippen LogP contribution in [0.15, 0.2) is 24.7 Å². The molecule has 1 aliphatic rings. The summed E-state index contributed by atoms with van der Waals surface area (Å²) in [5.74, 6) is 0.804. The molecule has 0 amide bonds. The first-order valence-corrected chi connectivity index (χ1v) is 6.11. The largest absolute Gasteiger partial charge is 0.338 e. The second-order valence-electron chi connectivity index (χ2n) is 4.38. The highest BCUT2D eigenvalue weighted by molar-refractivity contribution is 5.58. The monoisotopic (exact) mass is 244 g/mol. The summed E-state index contributed by atoms with van der Waals surface area (Å²) in [5, 5.41) is 7.49. The maximum absolute atomic E-state index is 4.61. The van der Waals surface area contributed by atoms with Crippen molar-refractivity contribution in [3.05, 3.63) is 24.7 Å². The molecule has 18 heavy (non-hydrogen) atoms. The number of aromatic nitrogens is 4. The van der Waals surface area contributed by atoms with Gasteiger partial charge in [-0.2, -0.15) is 5.10 Å². The van der Waals surface area contributed by atoms with Gasteiger partial charge >= 0.3 is 0 Å². The minimum atomic E-state index is 0.804. The molecular formula is C12H16N6. The Morgan fingerprint density at radius 2 is 2.11 bits per heavy atom. The molecule has 6 nitrogen and oxygen atoms in total. The molecule has 1 aliphatic heterocycles. The lowest BCUT2D eigenvalue weighted by molar-refractivity contribution is 0.580. The molecule has 0 bridgehead atoms. The van der Waals surface area contributed by atoms with Crippen LogP contribution in [0.3, 0.4) is 0 Å². The van der Waals surface area contributed by atoms with Crippen molar-refractivity contribution in [3.8, 4) is 11.3 Å². The Balaban J connectivity index is 1.88. The van der Waals surface area contributed by atoms with E-state index >= 15 is 0 Å². The highest BCUT2D eigenvalue weighted by Gasteiger charge is 2.13. The highest BCUT2D eigenvalue weighted by Crippen LogP contribution is 2.18. The molecule has 2 aromatic rings. The van der Waals surface area contributed by atoms with Crippen molar-refractivity contribution in [3.63, 3.8) is 0 Å². The van der Waals surface area contributed by atoms with Gasteiger partial charge in [-0.15, -0.1) is 0 Å². The third kappa shape index (κ3) is 2.19. The standard InChI is InChI=1S/C12H16N6/c1-17-9-10(8-15-17)11-2-3-14-12(16-11)18-6-4-13-5-7-18/h2-3,8-9,13H,4-7H2,1H3. The van der Waals surface area contributed by atoms with Crippen molar-refractivity contribution in [1.82, 2.24) is 25.1 Å². The number of nitrogens with zero attached hydrogens (tertiary/aromatic N) is 5. The van der Waals surface area contributed by atoms with Gasteiger partial charge in [-0.05, 0) is 6.07 Å². The third-order valence-corrected chi connectivity index (χ3v) is 3.04. The predicted octanol–water partition coefficient (Wildman–Crippen LogP) is 0.287. The van der Waals surface area contributed by atoms with Crippen LogP contribution in [0.5, 0.6) is 0 Å². The molecule has 0 unspecified atom stereocenters. The summed E-state index contributed by atoms with van der Waals surface area (Å²) in [5.41, 5.74) is 1.95. The summed E-state index contributed by atoms with van der Waals surface area (Å²) in [6.07, 6.45) is 5.60. The summed E-state index contributed by atoms with van der Waals surface area (Å²) in [4.78, 5) is 11.2. The lowest BCUT2D eigenvalue weighted by Crippen LogP contribution is -2.44. The SMILES string of the molecule is Cn1cc(-c2ccnc(N3CCNCC3)n2)cn1. The van der Waals surface area contributed by atoms with Crippen LogP contribution in [-0.4, -0.2) is 45.9 Å². The third-order valence-electron chi connectivity index (χ3n) is 3.04. The number of aryl methyl sites for hydroxylation is 1. The zero-order valence-electron chi connectivity index (χ0n) is 10.4. The smallest absolute Gasteiger partial charge is 0.225 e. The van der Waals surface area contributed by atoms with Gasteiger partial charge in [0, 0.05) is 51.2 Å². The van der Waals surface area contributed by atoms with Crippen LogP contribution in [0.4, 0.5) is 5.95 Å². The Kier molecular flexibility index (Phi) is 2.93. The fraction of sp³-hybridized carbons (Fsp3) is 0.417. The summed E-state index contributed by atoms with van der Waals surface area (Å²) in [6.45, 7) is 3.88. The van der Waals surface area contributed by atoms with E-state index in [-0.39, 0.29) is 0 Å². The minimum absolute atomic E-state index is 0.804. The molecule has 1 N–H and O–H groups in total. The summed E-state index contributed by atoms with van der Waals surface area (Å²) in [7, 11) is 1.90. The van der Waals surface area contributed by atoms with E-state index in [1.54, 1.807) is 4.68 Å². The molecule has 6 heteroatoms. The first-order valence-electron chi connectivity index (χ1n) is 6.11. The fourth-order valence-corrected chi connectivity index (χ4v) is 2.08. The van der Waals surface area contributed by atoms with E-state index in [0.29, 0.717) is 0 Å². The van der Waals surface area contributed by atoms with Crippen LogP contribution in [-0.2, 0) is 7.05 Å². The van der Waals surface area contributed by atoms with Crippen LogP contribution in [0, 0.1) is 0 Å². The van der Waals surface area contributed by atoms with Gasteiger partial charge in [0.05, 0.1) is 11.9 Å². The second-order valence-corrected chi connectivity index (χ2v) is 4.38. The van der Waals surface area contributed by atoms with E-state index in [1.807, 2.05) is 31.7 Å². The van der Waals surface area contributed by atoms with Crippen LogP contribution in [0.25, 0.3) is 11.3 Å². The quantitative estimate of drug-likeness (QED) is 0.822. The normalized spacial score (nSPS) is 15.9. The lowest BCUT2D eigenvalue weighted by Gasteiger charge is -2.27. The van der Waals surface area contributed by atoms with Crippen molar-refractivity contribution < 1.29 is 0 Å². The fourth-order valence-electron chi connectivity index (χ4n) is 2.08. The maximum Gasteiger partial charge on any atom is 0.225 e. The minimum Gasteiger partial charge on any atom is -0.338 e. The van der Waals surface area contributed by atoms with Crippen molar-refractivity contribution in [1.29, 1.82) is 0 Å². The Morgan fingerprint density at radius 1 is 1.28 bits per heavy atom. The van der Waals surface area contributed by atoms with E-state index in [0.717, 1.165) is 43.4 Å². The van der Waals surface area contributed by atoms with Gasteiger partial charge in [-0.1, -0.05) is 0 Å². The summed E-state index contributed by atoms with van der Waals surface area (Å²) >= 11 is 0. The molecule has 3 heterocycles. The van der Waals surface area contributed by atoms with Gasteiger partial charge in [0.2, 0.25) is 5.95 Å². The van der Waals surface area contributed by atoms with Crippen LogP contribution >= 0.6 is 0 Å². The average molecular weight is 244 g/mol. The van der Waals surface area contributed by atoms with Gasteiger partial charge in [0.1, 0.15) is 0 Å². The van der Waals surface area contributed by atoms with E-state index in [1.165, 1.54) is 0 Å². The summed E-state index contributed by atoms with van der Waals surface area (Å²) < 4.78 is 1.78. The Labute approximate surface area is 106 Å². The molecule has 1 saturated heterocycles. The summed E-state index contributed by atoms with van der Waals surface area (Å²) in [6, 6.07) is 1.92. The van der Waals surface area contributed by atoms with Crippen LogP contribution in [0.1, 0.15) is 0 Å². The topological polar surface area (TPSA) is 58.9 Å². The predicted molar refractivity (Wildman–Crippen MR) is 69.3 cm³/mol. The van der Waals surface area contributed by atoms with E-state index in [2.05, 4.69) is 25.3 Å². The molecule has 0 atom stereocenters. The van der Waals surface area contributed by atoms with Gasteiger partial charge in [-0.3, -0.25) is 4.68 Å². The zero-order valence-corrected chi connectivity index (χ0v) is 10.4. The van der Waals surface area contributed by atoms with Gasteiger partial charge in [-0.25, -0.2) is 9.97 Å². The molecule has 0 radical (unpaired) electrons. The molecule has 2 aromatic heterocycles. The Morgan fingerprint density at radius 3 is 2.83 bits per heavy atom. The van der Waals surface area contributed by atoms with Crippen LogP contribution < -0.4 is 10.2 Å². The first-order chi connectivity index (χ1) is 8.83. The van der Waals surface area contributed by atoms with Crippen molar-refractivity contribution in [2.45, 2.75) is 0 Å². The Hall–Kier alpha value is -1.95. The molecule has 94 valence electrons.